The van der Waals surface area contributed by atoms with Crippen LogP contribution in [0, 0.1) is 0 Å². The molecule has 0 saturated heterocycles. The quantitative estimate of drug-likeness (QED) is 0.0321. The average Bonchev–Trinajstić information content (AvgIpc) is 3.26. The molecule has 6 heteroatoms. The predicted octanol–water partition coefficient (Wildman–Crippen LogP) is 16.9. The number of aliphatic hydroxyl groups is 2. The number of nitrogens with one attached hydrogen (secondary N) is 1. The monoisotopic (exact) mass is 876 g/mol. The van der Waals surface area contributed by atoms with E-state index in [0.717, 1.165) is 51.4 Å². The summed E-state index contributed by atoms with van der Waals surface area (Å²) in [5.74, 6) is -0.463. The molecule has 1 amide bonds. The molecule has 0 saturated carbocycles. The van der Waals surface area contributed by atoms with Crippen molar-refractivity contribution in [2.75, 3.05) is 6.61 Å². The van der Waals surface area contributed by atoms with Gasteiger partial charge in [0, 0.05) is 6.42 Å². The molecular weight excluding hydrogens is 767 g/mol. The van der Waals surface area contributed by atoms with Gasteiger partial charge in [0.05, 0.1) is 25.2 Å². The van der Waals surface area contributed by atoms with Gasteiger partial charge in [-0.2, -0.15) is 0 Å². The number of unbranched alkanes of at least 4 members (excludes halogenated alkanes) is 37. The standard InChI is InChI=1S/C56H109NO5/c1-4-7-10-13-16-19-22-24-26-27-28-30-32-34-37-40-43-46-49-56(61)62-52(47-44-41-38-35-33-31-29-25-23-20-17-14-11-8-5-2)50-55(60)57-53(51-58)54(59)48-45-42-39-36-21-18-15-12-9-6-3/h28,30,52-54,58-59H,4-27,29,31-51H2,1-3H3,(H,57,60)/b30-28+. The van der Waals surface area contributed by atoms with E-state index in [1.54, 1.807) is 0 Å². The van der Waals surface area contributed by atoms with E-state index < -0.39 is 18.2 Å². The lowest BCUT2D eigenvalue weighted by Crippen LogP contribution is -2.46. The maximum absolute atomic E-state index is 13.2. The number of carbonyl (C=O) groups is 2. The van der Waals surface area contributed by atoms with Gasteiger partial charge in [0.1, 0.15) is 6.10 Å². The van der Waals surface area contributed by atoms with Crippen LogP contribution in [-0.4, -0.2) is 46.9 Å². The summed E-state index contributed by atoms with van der Waals surface area (Å²) < 4.78 is 5.95. The van der Waals surface area contributed by atoms with Crippen LogP contribution < -0.4 is 5.32 Å². The van der Waals surface area contributed by atoms with Crippen molar-refractivity contribution >= 4 is 11.9 Å². The second-order valence-electron chi connectivity index (χ2n) is 19.3. The van der Waals surface area contributed by atoms with Crippen LogP contribution in [0.1, 0.15) is 310 Å². The third-order valence-corrected chi connectivity index (χ3v) is 13.1. The first-order valence-electron chi connectivity index (χ1n) is 27.9. The maximum Gasteiger partial charge on any atom is 0.306 e. The Bertz CT molecular complexity index is 939. The number of carbonyl (C=O) groups excluding carboxylic acids is 2. The number of hydrogen-bond donors (Lipinski definition) is 3. The number of hydrogen-bond acceptors (Lipinski definition) is 5. The number of rotatable bonds is 51. The summed E-state index contributed by atoms with van der Waals surface area (Å²) in [5, 5.41) is 23.8. The number of esters is 1. The molecule has 3 atom stereocenters. The van der Waals surface area contributed by atoms with Gasteiger partial charge < -0.3 is 20.3 Å². The fraction of sp³-hybridized carbons (Fsp3) is 0.929. The molecule has 368 valence electrons. The van der Waals surface area contributed by atoms with Gasteiger partial charge in [-0.15, -0.1) is 0 Å². The fourth-order valence-electron chi connectivity index (χ4n) is 8.84. The van der Waals surface area contributed by atoms with Crippen LogP contribution >= 0.6 is 0 Å². The summed E-state index contributed by atoms with van der Waals surface area (Å²) >= 11 is 0. The van der Waals surface area contributed by atoms with Crippen LogP contribution in [0.4, 0.5) is 0 Å². The molecule has 3 unspecified atom stereocenters. The molecule has 0 aliphatic heterocycles. The van der Waals surface area contributed by atoms with E-state index in [2.05, 4.69) is 38.2 Å². The van der Waals surface area contributed by atoms with Gasteiger partial charge >= 0.3 is 5.97 Å². The van der Waals surface area contributed by atoms with Crippen LogP contribution in [-0.2, 0) is 14.3 Å². The fourth-order valence-corrected chi connectivity index (χ4v) is 8.84. The van der Waals surface area contributed by atoms with Crippen LogP contribution in [0.15, 0.2) is 12.2 Å². The van der Waals surface area contributed by atoms with E-state index >= 15 is 0 Å². The van der Waals surface area contributed by atoms with Gasteiger partial charge in [-0.3, -0.25) is 9.59 Å². The highest BCUT2D eigenvalue weighted by molar-refractivity contribution is 5.77. The minimum atomic E-state index is -0.782. The summed E-state index contributed by atoms with van der Waals surface area (Å²) in [7, 11) is 0. The lowest BCUT2D eigenvalue weighted by atomic mass is 10.0. The first-order chi connectivity index (χ1) is 30.5. The molecule has 0 aliphatic carbocycles. The summed E-state index contributed by atoms with van der Waals surface area (Å²) in [6, 6.07) is -0.696. The van der Waals surface area contributed by atoms with Gasteiger partial charge in [-0.05, 0) is 51.4 Å². The average molecular weight is 876 g/mol. The number of aliphatic hydroxyl groups excluding tert-OH is 2. The molecule has 0 bridgehead atoms. The number of allylic oxidation sites excluding steroid dienone is 2. The molecule has 62 heavy (non-hydrogen) atoms. The van der Waals surface area contributed by atoms with Gasteiger partial charge in [0.15, 0.2) is 0 Å². The topological polar surface area (TPSA) is 95.9 Å². The van der Waals surface area contributed by atoms with E-state index in [0.29, 0.717) is 19.3 Å². The van der Waals surface area contributed by atoms with Crippen molar-refractivity contribution in [3.05, 3.63) is 12.2 Å². The molecule has 0 radical (unpaired) electrons. The van der Waals surface area contributed by atoms with Crippen molar-refractivity contribution in [3.8, 4) is 0 Å². The number of ether oxygens (including phenoxy) is 1. The van der Waals surface area contributed by atoms with E-state index in [9.17, 15) is 19.8 Å². The second kappa shape index (κ2) is 50.6. The molecule has 0 rings (SSSR count). The molecule has 0 fully saturated rings. The van der Waals surface area contributed by atoms with Gasteiger partial charge in [-0.1, -0.05) is 258 Å². The third kappa shape index (κ3) is 45.2. The second-order valence-corrected chi connectivity index (χ2v) is 19.3. The SMILES string of the molecule is CCCCCCCCCCC/C=C/CCCCCCCC(=O)OC(CCCCCCCCCCCCCCCCC)CC(=O)NC(CO)C(O)CCCCCCCCCCCC. The lowest BCUT2D eigenvalue weighted by molar-refractivity contribution is -0.151. The van der Waals surface area contributed by atoms with Crippen molar-refractivity contribution in [2.45, 2.75) is 328 Å². The Labute approximate surface area is 387 Å². The molecule has 6 nitrogen and oxygen atoms in total. The molecular formula is C56H109NO5. The van der Waals surface area contributed by atoms with E-state index in [1.807, 2.05) is 0 Å². The van der Waals surface area contributed by atoms with E-state index in [-0.39, 0.29) is 24.9 Å². The molecule has 0 aromatic carbocycles. The molecule has 3 N–H and O–H groups in total. The van der Waals surface area contributed by atoms with Gasteiger partial charge in [0.25, 0.3) is 0 Å². The van der Waals surface area contributed by atoms with Crippen molar-refractivity contribution < 1.29 is 24.5 Å². The minimum Gasteiger partial charge on any atom is -0.462 e. The van der Waals surface area contributed by atoms with Crippen molar-refractivity contribution in [1.82, 2.24) is 5.32 Å². The van der Waals surface area contributed by atoms with Crippen LogP contribution in [0.25, 0.3) is 0 Å². The normalized spacial score (nSPS) is 13.2. The number of amides is 1. The van der Waals surface area contributed by atoms with Crippen molar-refractivity contribution in [3.63, 3.8) is 0 Å². The Morgan fingerprint density at radius 2 is 0.774 bits per heavy atom. The highest BCUT2D eigenvalue weighted by atomic mass is 16.5. The Kier molecular flexibility index (Phi) is 49.5. The van der Waals surface area contributed by atoms with Crippen LogP contribution in [0.3, 0.4) is 0 Å². The third-order valence-electron chi connectivity index (χ3n) is 13.1. The van der Waals surface area contributed by atoms with E-state index in [4.69, 9.17) is 4.74 Å². The summed E-state index contributed by atoms with van der Waals surface area (Å²) in [6.07, 6.45) is 57.1. The first kappa shape index (κ1) is 60.6. The zero-order chi connectivity index (χ0) is 45.2. The van der Waals surface area contributed by atoms with Crippen molar-refractivity contribution in [1.29, 1.82) is 0 Å². The summed E-state index contributed by atoms with van der Waals surface area (Å²) in [4.78, 5) is 26.2. The van der Waals surface area contributed by atoms with Crippen LogP contribution in [0.2, 0.25) is 0 Å². The first-order valence-corrected chi connectivity index (χ1v) is 27.9. The van der Waals surface area contributed by atoms with Crippen LogP contribution in [0.5, 0.6) is 0 Å². The molecule has 0 spiro atoms. The minimum absolute atomic E-state index is 0.0818. The largest absolute Gasteiger partial charge is 0.462 e. The Hall–Kier alpha value is -1.40. The molecule has 0 aliphatic rings. The molecule has 0 aromatic rings. The maximum atomic E-state index is 13.2. The summed E-state index contributed by atoms with van der Waals surface area (Å²) in [5.41, 5.74) is 0. The van der Waals surface area contributed by atoms with Crippen molar-refractivity contribution in [2.24, 2.45) is 0 Å². The summed E-state index contributed by atoms with van der Waals surface area (Å²) in [6.45, 7) is 6.51. The Morgan fingerprint density at radius 3 is 1.15 bits per heavy atom. The zero-order valence-corrected chi connectivity index (χ0v) is 42.0. The Balaban J connectivity index is 4.50. The van der Waals surface area contributed by atoms with Gasteiger partial charge in [-0.25, -0.2) is 0 Å². The highest BCUT2D eigenvalue weighted by Gasteiger charge is 2.24. The van der Waals surface area contributed by atoms with E-state index in [1.165, 1.54) is 212 Å². The molecule has 0 heterocycles. The Morgan fingerprint density at radius 1 is 0.452 bits per heavy atom. The predicted molar refractivity (Wildman–Crippen MR) is 269 cm³/mol. The smallest absolute Gasteiger partial charge is 0.306 e. The lowest BCUT2D eigenvalue weighted by Gasteiger charge is -2.24. The zero-order valence-electron chi connectivity index (χ0n) is 42.0. The molecule has 0 aromatic heterocycles. The highest BCUT2D eigenvalue weighted by Crippen LogP contribution is 2.19. The van der Waals surface area contributed by atoms with Gasteiger partial charge in [0.2, 0.25) is 5.91 Å².